The van der Waals surface area contributed by atoms with Crippen molar-refractivity contribution in [1.82, 2.24) is 9.80 Å². The van der Waals surface area contributed by atoms with Gasteiger partial charge < -0.3 is 19.6 Å². The molecule has 1 aliphatic heterocycles. The molecule has 1 amide bonds. The molecule has 0 spiro atoms. The van der Waals surface area contributed by atoms with E-state index < -0.39 is 12.0 Å². The zero-order valence-electron chi connectivity index (χ0n) is 13.7. The first-order valence-corrected chi connectivity index (χ1v) is 7.90. The molecule has 0 radical (unpaired) electrons. The fraction of sp³-hybridized carbons (Fsp3) is 0.529. The van der Waals surface area contributed by atoms with Crippen molar-refractivity contribution in [3.63, 3.8) is 0 Å². The third-order valence-electron chi connectivity index (χ3n) is 3.90. The minimum Gasteiger partial charge on any atom is -0.494 e. The predicted molar refractivity (Wildman–Crippen MR) is 86.8 cm³/mol. The molecule has 6 nitrogen and oxygen atoms in total. The summed E-state index contributed by atoms with van der Waals surface area (Å²) in [6, 6.07) is 6.25. The van der Waals surface area contributed by atoms with Gasteiger partial charge >= 0.3 is 5.97 Å². The van der Waals surface area contributed by atoms with E-state index >= 15 is 0 Å². The van der Waals surface area contributed by atoms with E-state index in [2.05, 4.69) is 4.90 Å². The Bertz CT molecular complexity index is 559. The van der Waals surface area contributed by atoms with Gasteiger partial charge in [-0.15, -0.1) is 0 Å². The number of carbonyl (C=O) groups excluding carboxylic acids is 1. The Labute approximate surface area is 136 Å². The summed E-state index contributed by atoms with van der Waals surface area (Å²) in [5, 5.41) is 9.20. The number of rotatable bonds is 7. The molecule has 1 aromatic carbocycles. The van der Waals surface area contributed by atoms with Crippen molar-refractivity contribution in [2.24, 2.45) is 0 Å². The number of carbonyl (C=O) groups is 2. The van der Waals surface area contributed by atoms with Crippen LogP contribution in [0.25, 0.3) is 0 Å². The quantitative estimate of drug-likeness (QED) is 0.775. The normalized spacial score (nSPS) is 17.5. The maximum absolute atomic E-state index is 12.5. The molecule has 0 aliphatic carbocycles. The van der Waals surface area contributed by atoms with Crippen molar-refractivity contribution in [1.29, 1.82) is 0 Å². The Morgan fingerprint density at radius 3 is 2.87 bits per heavy atom. The molecule has 6 heteroatoms. The fourth-order valence-corrected chi connectivity index (χ4v) is 2.72. The average Bonchev–Trinajstić information content (AvgIpc) is 3.01. The maximum Gasteiger partial charge on any atom is 0.326 e. The highest BCUT2D eigenvalue weighted by Gasteiger charge is 2.34. The monoisotopic (exact) mass is 320 g/mol. The van der Waals surface area contributed by atoms with Crippen LogP contribution in [0.15, 0.2) is 24.3 Å². The van der Waals surface area contributed by atoms with Crippen LogP contribution in [-0.4, -0.2) is 66.6 Å². The van der Waals surface area contributed by atoms with Gasteiger partial charge in [-0.05, 0) is 51.6 Å². The van der Waals surface area contributed by atoms with E-state index in [1.54, 1.807) is 18.2 Å². The lowest BCUT2D eigenvalue weighted by atomic mass is 10.1. The summed E-state index contributed by atoms with van der Waals surface area (Å²) in [7, 11) is 4.02. The lowest BCUT2D eigenvalue weighted by Crippen LogP contribution is -2.40. The first-order chi connectivity index (χ1) is 11.0. The number of aliphatic carboxylic acids is 1. The summed E-state index contributed by atoms with van der Waals surface area (Å²) in [4.78, 5) is 27.3. The largest absolute Gasteiger partial charge is 0.494 e. The van der Waals surface area contributed by atoms with E-state index in [0.717, 1.165) is 19.4 Å². The third kappa shape index (κ3) is 4.69. The van der Waals surface area contributed by atoms with Crippen molar-refractivity contribution < 1.29 is 19.4 Å². The number of nitrogens with zero attached hydrogens (tertiary/aromatic N) is 2. The molecule has 1 N–H and O–H groups in total. The van der Waals surface area contributed by atoms with Gasteiger partial charge in [0.2, 0.25) is 0 Å². The van der Waals surface area contributed by atoms with Crippen molar-refractivity contribution in [3.8, 4) is 5.75 Å². The summed E-state index contributed by atoms with van der Waals surface area (Å²) < 4.78 is 5.67. The van der Waals surface area contributed by atoms with Crippen molar-refractivity contribution in [2.75, 3.05) is 33.8 Å². The van der Waals surface area contributed by atoms with Crippen LogP contribution in [-0.2, 0) is 4.79 Å². The minimum absolute atomic E-state index is 0.242. The number of benzene rings is 1. The molecule has 23 heavy (non-hydrogen) atoms. The molecule has 1 saturated heterocycles. The van der Waals surface area contributed by atoms with E-state index in [1.807, 2.05) is 20.2 Å². The van der Waals surface area contributed by atoms with Crippen LogP contribution < -0.4 is 4.74 Å². The van der Waals surface area contributed by atoms with Crippen LogP contribution in [0.2, 0.25) is 0 Å². The van der Waals surface area contributed by atoms with Gasteiger partial charge in [-0.1, -0.05) is 6.07 Å². The second-order valence-corrected chi connectivity index (χ2v) is 6.03. The van der Waals surface area contributed by atoms with Gasteiger partial charge in [0, 0.05) is 18.7 Å². The number of likely N-dealkylation sites (tertiary alicyclic amines) is 1. The lowest BCUT2D eigenvalue weighted by Gasteiger charge is -2.21. The highest BCUT2D eigenvalue weighted by Crippen LogP contribution is 2.22. The zero-order chi connectivity index (χ0) is 16.8. The third-order valence-corrected chi connectivity index (χ3v) is 3.90. The van der Waals surface area contributed by atoms with Gasteiger partial charge in [-0.25, -0.2) is 4.79 Å². The summed E-state index contributed by atoms with van der Waals surface area (Å²) in [5.74, 6) is -0.541. The summed E-state index contributed by atoms with van der Waals surface area (Å²) >= 11 is 0. The first-order valence-electron chi connectivity index (χ1n) is 7.90. The van der Waals surface area contributed by atoms with E-state index in [1.165, 1.54) is 4.90 Å². The van der Waals surface area contributed by atoms with Gasteiger partial charge in [-0.3, -0.25) is 4.79 Å². The van der Waals surface area contributed by atoms with E-state index in [9.17, 15) is 14.7 Å². The summed E-state index contributed by atoms with van der Waals surface area (Å²) in [6.45, 7) is 2.01. The maximum atomic E-state index is 12.5. The van der Waals surface area contributed by atoms with Crippen LogP contribution >= 0.6 is 0 Å². The SMILES string of the molecule is CN(C)CCCOc1cccc(C(=O)N2CCCC2C(=O)O)c1. The van der Waals surface area contributed by atoms with Crippen LogP contribution in [0.5, 0.6) is 5.75 Å². The lowest BCUT2D eigenvalue weighted by molar-refractivity contribution is -0.141. The Kier molecular flexibility index (Phi) is 5.98. The molecule has 1 unspecified atom stereocenters. The zero-order valence-corrected chi connectivity index (χ0v) is 13.7. The van der Waals surface area contributed by atoms with Crippen LogP contribution in [0.1, 0.15) is 29.6 Å². The number of hydrogen-bond acceptors (Lipinski definition) is 4. The number of carboxylic acids is 1. The van der Waals surface area contributed by atoms with Crippen molar-refractivity contribution >= 4 is 11.9 Å². The van der Waals surface area contributed by atoms with Crippen molar-refractivity contribution in [2.45, 2.75) is 25.3 Å². The van der Waals surface area contributed by atoms with E-state index in [4.69, 9.17) is 4.74 Å². The summed E-state index contributed by atoms with van der Waals surface area (Å²) in [5.41, 5.74) is 0.475. The number of ether oxygens (including phenoxy) is 1. The predicted octanol–water partition coefficient (Wildman–Crippen LogP) is 1.71. The van der Waals surface area contributed by atoms with Gasteiger partial charge in [0.05, 0.1) is 6.61 Å². The molecule has 0 bridgehead atoms. The Balaban J connectivity index is 1.98. The molecule has 1 fully saturated rings. The molecule has 1 heterocycles. The molecule has 1 aromatic rings. The number of amides is 1. The Morgan fingerprint density at radius 2 is 2.17 bits per heavy atom. The molecular formula is C17H24N2O4. The standard InChI is InChI=1S/C17H24N2O4/c1-18(2)9-5-11-23-14-7-3-6-13(12-14)16(20)19-10-4-8-15(19)17(21)22/h3,6-7,12,15H,4-5,8-11H2,1-2H3,(H,21,22). The topological polar surface area (TPSA) is 70.1 Å². The molecule has 1 atom stereocenters. The molecule has 1 aliphatic rings. The van der Waals surface area contributed by atoms with Gasteiger partial charge in [0.1, 0.15) is 11.8 Å². The Hall–Kier alpha value is -2.08. The number of hydrogen-bond donors (Lipinski definition) is 1. The fourth-order valence-electron chi connectivity index (χ4n) is 2.72. The summed E-state index contributed by atoms with van der Waals surface area (Å²) in [6.07, 6.45) is 2.14. The minimum atomic E-state index is -0.938. The first kappa shape index (κ1) is 17.3. The van der Waals surface area contributed by atoms with Crippen LogP contribution in [0, 0.1) is 0 Å². The van der Waals surface area contributed by atoms with Crippen LogP contribution in [0.3, 0.4) is 0 Å². The molecule has 126 valence electrons. The molecule has 0 saturated carbocycles. The van der Waals surface area contributed by atoms with Gasteiger partial charge in [-0.2, -0.15) is 0 Å². The Morgan fingerprint density at radius 1 is 1.39 bits per heavy atom. The average molecular weight is 320 g/mol. The van der Waals surface area contributed by atoms with Crippen LogP contribution in [0.4, 0.5) is 0 Å². The van der Waals surface area contributed by atoms with Gasteiger partial charge in [0.15, 0.2) is 0 Å². The van der Waals surface area contributed by atoms with Gasteiger partial charge in [0.25, 0.3) is 5.91 Å². The molecule has 0 aromatic heterocycles. The molecule has 2 rings (SSSR count). The van der Waals surface area contributed by atoms with E-state index in [-0.39, 0.29) is 5.91 Å². The highest BCUT2D eigenvalue weighted by atomic mass is 16.5. The molecular weight excluding hydrogens is 296 g/mol. The highest BCUT2D eigenvalue weighted by molar-refractivity contribution is 5.97. The second-order valence-electron chi connectivity index (χ2n) is 6.03. The number of carboxylic acid groups (broad SMARTS) is 1. The van der Waals surface area contributed by atoms with Crippen molar-refractivity contribution in [3.05, 3.63) is 29.8 Å². The smallest absolute Gasteiger partial charge is 0.326 e. The van der Waals surface area contributed by atoms with E-state index in [0.29, 0.717) is 30.9 Å². The second kappa shape index (κ2) is 7.97.